The van der Waals surface area contributed by atoms with E-state index in [1.165, 1.54) is 12.3 Å². The molecule has 0 aromatic carbocycles. The molecule has 0 aliphatic carbocycles. The Morgan fingerprint density at radius 2 is 1.95 bits per heavy atom. The maximum absolute atomic E-state index is 13.1. The molecule has 3 nitrogen and oxygen atoms in total. The molecule has 0 radical (unpaired) electrons. The van der Waals surface area contributed by atoms with Gasteiger partial charge in [-0.1, -0.05) is 0 Å². The molecule has 0 saturated carbocycles. The lowest BCUT2D eigenvalue weighted by molar-refractivity contribution is -0.133. The summed E-state index contributed by atoms with van der Waals surface area (Å²) < 4.78 is 55.1. The van der Waals surface area contributed by atoms with Gasteiger partial charge in [0, 0.05) is 23.5 Å². The fraction of sp³-hybridized carbons (Fsp3) is 0.0909. The summed E-state index contributed by atoms with van der Waals surface area (Å²) in [5, 5.41) is 0. The van der Waals surface area contributed by atoms with Crippen LogP contribution in [-0.2, 0) is 6.18 Å². The van der Waals surface area contributed by atoms with Crippen LogP contribution in [-0.4, -0.2) is 14.3 Å². The molecule has 0 aliphatic rings. The topological polar surface area (TPSA) is 41.6 Å². The van der Waals surface area contributed by atoms with E-state index >= 15 is 0 Å². The number of alkyl halides is 3. The summed E-state index contributed by atoms with van der Waals surface area (Å²) in [6.07, 6.45) is -2.01. The first kappa shape index (κ1) is 12.1. The zero-order valence-corrected chi connectivity index (χ0v) is 9.94. The molecule has 0 saturated heterocycles. The van der Waals surface area contributed by atoms with Crippen molar-refractivity contribution < 1.29 is 17.6 Å². The van der Waals surface area contributed by atoms with Crippen LogP contribution in [0.1, 0.15) is 4.88 Å². The van der Waals surface area contributed by atoms with Gasteiger partial charge in [0.25, 0.3) is 0 Å². The second kappa shape index (κ2) is 4.02. The van der Waals surface area contributed by atoms with Crippen LogP contribution in [0.5, 0.6) is 0 Å². The van der Waals surface area contributed by atoms with Crippen LogP contribution < -0.4 is 0 Å². The van der Waals surface area contributed by atoms with Crippen molar-refractivity contribution in [2.75, 3.05) is 0 Å². The number of fused-ring (bicyclic) bond motifs is 1. The van der Waals surface area contributed by atoms with E-state index in [2.05, 4.69) is 14.3 Å². The molecule has 0 bridgehead atoms. The van der Waals surface area contributed by atoms with E-state index in [9.17, 15) is 17.6 Å². The Morgan fingerprint density at radius 3 is 2.68 bits per heavy atom. The van der Waals surface area contributed by atoms with Gasteiger partial charge >= 0.3 is 6.18 Å². The Labute approximate surface area is 108 Å². The molecule has 0 atom stereocenters. The van der Waals surface area contributed by atoms with E-state index in [0.717, 1.165) is 12.3 Å². The Bertz CT molecular complexity index is 744. The molecule has 98 valence electrons. The maximum atomic E-state index is 13.1. The minimum Gasteiger partial charge on any atom is -0.359 e. The van der Waals surface area contributed by atoms with Gasteiger partial charge in [0.05, 0.1) is 11.0 Å². The smallest absolute Gasteiger partial charge is 0.359 e. The molecule has 19 heavy (non-hydrogen) atoms. The van der Waals surface area contributed by atoms with Crippen molar-refractivity contribution >= 4 is 22.6 Å². The van der Waals surface area contributed by atoms with Gasteiger partial charge in [-0.2, -0.15) is 21.9 Å². The zero-order valence-electron chi connectivity index (χ0n) is 9.12. The summed E-state index contributed by atoms with van der Waals surface area (Å²) in [7, 11) is 0. The fourth-order valence-corrected chi connectivity index (χ4v) is 2.44. The lowest BCUT2D eigenvalue weighted by atomic mass is 10.1. The first-order valence-electron chi connectivity index (χ1n) is 5.12. The van der Waals surface area contributed by atoms with Crippen LogP contribution in [0.4, 0.5) is 17.6 Å². The predicted octanol–water partition coefficient (Wildman–Crippen LogP) is 3.84. The van der Waals surface area contributed by atoms with Crippen LogP contribution in [0, 0.1) is 5.95 Å². The number of nitrogens with one attached hydrogen (secondary N) is 1. The van der Waals surface area contributed by atoms with E-state index in [1.807, 2.05) is 0 Å². The standard InChI is InChI=1S/C11H5F4N3S/c12-8-2-1-7-9(18-8)5(3-16-7)6-4-17-19-10(6)11(13,14)15/h1-4,16H. The SMILES string of the molecule is Fc1ccc2[nH]cc(-c3cnsc3C(F)(F)F)c2n1. The largest absolute Gasteiger partial charge is 0.427 e. The fourth-order valence-electron chi connectivity index (χ4n) is 1.82. The van der Waals surface area contributed by atoms with Crippen molar-refractivity contribution in [3.05, 3.63) is 35.4 Å². The third-order valence-electron chi connectivity index (χ3n) is 2.61. The van der Waals surface area contributed by atoms with E-state index in [0.29, 0.717) is 17.0 Å². The van der Waals surface area contributed by atoms with Crippen molar-refractivity contribution in [3.63, 3.8) is 0 Å². The molecule has 0 fully saturated rings. The summed E-state index contributed by atoms with van der Waals surface area (Å²) >= 11 is 0.357. The normalized spacial score (nSPS) is 12.2. The van der Waals surface area contributed by atoms with Gasteiger partial charge in [0.1, 0.15) is 4.88 Å². The molecule has 3 rings (SSSR count). The summed E-state index contributed by atoms with van der Waals surface area (Å²) in [4.78, 5) is 5.57. The monoisotopic (exact) mass is 287 g/mol. The first-order chi connectivity index (χ1) is 8.97. The van der Waals surface area contributed by atoms with E-state index in [-0.39, 0.29) is 16.6 Å². The third kappa shape index (κ3) is 1.97. The van der Waals surface area contributed by atoms with Crippen molar-refractivity contribution in [2.45, 2.75) is 6.18 Å². The lowest BCUT2D eigenvalue weighted by Crippen LogP contribution is -2.03. The number of rotatable bonds is 1. The van der Waals surface area contributed by atoms with Crippen LogP contribution in [0.3, 0.4) is 0 Å². The number of H-pyrrole nitrogens is 1. The van der Waals surface area contributed by atoms with Crippen LogP contribution in [0.2, 0.25) is 0 Å². The Hall–Kier alpha value is -1.96. The predicted molar refractivity (Wildman–Crippen MR) is 62.2 cm³/mol. The van der Waals surface area contributed by atoms with Crippen LogP contribution >= 0.6 is 11.5 Å². The van der Waals surface area contributed by atoms with E-state index in [1.54, 1.807) is 0 Å². The summed E-state index contributed by atoms with van der Waals surface area (Å²) in [5.41, 5.74) is 0.721. The highest BCUT2D eigenvalue weighted by molar-refractivity contribution is 7.06. The second-order valence-corrected chi connectivity index (χ2v) is 4.60. The summed E-state index contributed by atoms with van der Waals surface area (Å²) in [6.45, 7) is 0. The van der Waals surface area contributed by atoms with Gasteiger partial charge < -0.3 is 4.98 Å². The number of hydrogen-bond acceptors (Lipinski definition) is 3. The number of halogens is 4. The average molecular weight is 287 g/mol. The number of aromatic amines is 1. The Morgan fingerprint density at radius 1 is 1.16 bits per heavy atom. The number of hydrogen-bond donors (Lipinski definition) is 1. The van der Waals surface area contributed by atoms with Gasteiger partial charge in [-0.25, -0.2) is 4.98 Å². The average Bonchev–Trinajstić information content (AvgIpc) is 2.91. The zero-order chi connectivity index (χ0) is 13.6. The van der Waals surface area contributed by atoms with Crippen molar-refractivity contribution in [2.24, 2.45) is 0 Å². The molecule has 3 heterocycles. The second-order valence-electron chi connectivity index (χ2n) is 3.80. The van der Waals surface area contributed by atoms with Crippen molar-refractivity contribution in [1.82, 2.24) is 14.3 Å². The highest BCUT2D eigenvalue weighted by atomic mass is 32.1. The van der Waals surface area contributed by atoms with Gasteiger partial charge in [0.15, 0.2) is 0 Å². The summed E-state index contributed by atoms with van der Waals surface area (Å²) in [6, 6.07) is 2.56. The first-order valence-corrected chi connectivity index (χ1v) is 5.90. The van der Waals surface area contributed by atoms with Gasteiger partial charge in [-0.05, 0) is 23.7 Å². The maximum Gasteiger partial charge on any atom is 0.427 e. The molecule has 1 N–H and O–H groups in total. The molecular formula is C11H5F4N3S. The van der Waals surface area contributed by atoms with E-state index in [4.69, 9.17) is 0 Å². The molecule has 0 aliphatic heterocycles. The Kier molecular flexibility index (Phi) is 2.56. The van der Waals surface area contributed by atoms with Crippen LogP contribution in [0.15, 0.2) is 24.5 Å². The minimum atomic E-state index is -4.49. The highest BCUT2D eigenvalue weighted by Gasteiger charge is 2.36. The molecule has 3 aromatic rings. The number of nitrogens with zero attached hydrogens (tertiary/aromatic N) is 2. The van der Waals surface area contributed by atoms with Crippen molar-refractivity contribution in [3.8, 4) is 11.1 Å². The molecular weight excluding hydrogens is 282 g/mol. The minimum absolute atomic E-state index is 0.0955. The highest BCUT2D eigenvalue weighted by Crippen LogP contribution is 2.41. The molecule has 0 spiro atoms. The van der Waals surface area contributed by atoms with Gasteiger partial charge in [-0.3, -0.25) is 0 Å². The molecule has 0 amide bonds. The van der Waals surface area contributed by atoms with Gasteiger partial charge in [-0.15, -0.1) is 0 Å². The lowest BCUT2D eigenvalue weighted by Gasteiger charge is -2.05. The summed E-state index contributed by atoms with van der Waals surface area (Å²) in [5.74, 6) is -0.745. The molecule has 3 aromatic heterocycles. The number of aromatic nitrogens is 3. The molecule has 0 unspecified atom stereocenters. The number of pyridine rings is 1. The quantitative estimate of drug-likeness (QED) is 0.545. The van der Waals surface area contributed by atoms with E-state index < -0.39 is 17.0 Å². The molecule has 8 heteroatoms. The van der Waals surface area contributed by atoms with Crippen LogP contribution in [0.25, 0.3) is 22.2 Å². The third-order valence-corrected chi connectivity index (χ3v) is 3.45. The van der Waals surface area contributed by atoms with Gasteiger partial charge in [0.2, 0.25) is 5.95 Å². The Balaban J connectivity index is 2.26. The van der Waals surface area contributed by atoms with Crippen molar-refractivity contribution in [1.29, 1.82) is 0 Å².